The van der Waals surface area contributed by atoms with Crippen molar-refractivity contribution in [3.8, 4) is 5.75 Å². The third-order valence-corrected chi connectivity index (χ3v) is 4.88. The van der Waals surface area contributed by atoms with Gasteiger partial charge in [-0.05, 0) is 49.2 Å². The lowest BCUT2D eigenvalue weighted by atomic mass is 10.2. The van der Waals surface area contributed by atoms with E-state index < -0.39 is 6.09 Å². The number of nitrogens with zero attached hydrogens (tertiary/aromatic N) is 1. The number of benzene rings is 2. The van der Waals surface area contributed by atoms with Gasteiger partial charge in [-0.1, -0.05) is 25.5 Å². The molecule has 1 N–H and O–H groups in total. The second kappa shape index (κ2) is 8.67. The van der Waals surface area contributed by atoms with E-state index in [2.05, 4.69) is 23.3 Å². The van der Waals surface area contributed by atoms with E-state index in [1.165, 1.54) is 0 Å². The molecule has 0 unspecified atom stereocenters. The van der Waals surface area contributed by atoms with Gasteiger partial charge in [-0.15, -0.1) is 11.3 Å². The molecule has 3 aromatic rings. The van der Waals surface area contributed by atoms with Crippen LogP contribution in [0.4, 0.5) is 10.5 Å². The summed E-state index contributed by atoms with van der Waals surface area (Å²) in [7, 11) is 0. The van der Waals surface area contributed by atoms with Gasteiger partial charge in [0, 0.05) is 5.69 Å². The summed E-state index contributed by atoms with van der Waals surface area (Å²) >= 11 is 1.63. The Morgan fingerprint density at radius 2 is 2.08 bits per heavy atom. The maximum Gasteiger partial charge on any atom is 0.411 e. The minimum Gasteiger partial charge on any atom is -0.486 e. The van der Waals surface area contributed by atoms with Crippen LogP contribution in [0.2, 0.25) is 0 Å². The van der Waals surface area contributed by atoms with Crippen molar-refractivity contribution in [2.45, 2.75) is 33.3 Å². The second-order valence-corrected chi connectivity index (χ2v) is 7.07. The van der Waals surface area contributed by atoms with Crippen molar-refractivity contribution in [3.05, 3.63) is 53.0 Å². The van der Waals surface area contributed by atoms with Crippen LogP contribution in [-0.4, -0.2) is 17.7 Å². The highest BCUT2D eigenvalue weighted by molar-refractivity contribution is 7.18. The smallest absolute Gasteiger partial charge is 0.411 e. The first-order valence-electron chi connectivity index (χ1n) is 8.67. The lowest BCUT2D eigenvalue weighted by molar-refractivity contribution is 0.160. The molecule has 6 heteroatoms. The fraction of sp³-hybridized carbons (Fsp3) is 0.300. The van der Waals surface area contributed by atoms with Gasteiger partial charge in [-0.25, -0.2) is 9.78 Å². The number of hydrogen-bond acceptors (Lipinski definition) is 5. The minimum absolute atomic E-state index is 0.421. The van der Waals surface area contributed by atoms with Gasteiger partial charge in [-0.3, -0.25) is 5.32 Å². The normalized spacial score (nSPS) is 10.7. The summed E-state index contributed by atoms with van der Waals surface area (Å²) < 4.78 is 12.1. The van der Waals surface area contributed by atoms with E-state index in [9.17, 15) is 4.79 Å². The molecule has 0 bridgehead atoms. The zero-order valence-electron chi connectivity index (χ0n) is 15.0. The van der Waals surface area contributed by atoms with E-state index in [0.717, 1.165) is 45.1 Å². The van der Waals surface area contributed by atoms with Crippen LogP contribution in [0.5, 0.6) is 5.75 Å². The topological polar surface area (TPSA) is 60.5 Å². The monoisotopic (exact) mass is 370 g/mol. The van der Waals surface area contributed by atoms with Crippen LogP contribution in [0.1, 0.15) is 30.3 Å². The maximum absolute atomic E-state index is 11.7. The molecular weight excluding hydrogens is 348 g/mol. The van der Waals surface area contributed by atoms with Crippen molar-refractivity contribution >= 4 is 33.3 Å². The number of para-hydroxylation sites is 1. The number of unbranched alkanes of at least 4 members (excludes halogenated alkanes) is 1. The number of aromatic nitrogens is 1. The quantitative estimate of drug-likeness (QED) is 0.555. The Morgan fingerprint density at radius 3 is 2.85 bits per heavy atom. The summed E-state index contributed by atoms with van der Waals surface area (Å²) in [4.78, 5) is 16.3. The molecule has 0 radical (unpaired) electrons. The van der Waals surface area contributed by atoms with E-state index in [4.69, 9.17) is 9.47 Å². The average Bonchev–Trinajstić information content (AvgIpc) is 3.05. The molecule has 1 amide bonds. The molecule has 26 heavy (non-hydrogen) atoms. The molecule has 136 valence electrons. The van der Waals surface area contributed by atoms with Crippen LogP contribution in [0.15, 0.2) is 42.5 Å². The molecule has 0 saturated heterocycles. The maximum atomic E-state index is 11.7. The summed E-state index contributed by atoms with van der Waals surface area (Å²) in [5.41, 5.74) is 2.63. The Bertz CT molecular complexity index is 859. The SMILES string of the molecule is CCCCOC(=O)Nc1ccc(OCc2nc3ccccc3s2)cc1C. The van der Waals surface area contributed by atoms with Crippen LogP contribution >= 0.6 is 11.3 Å². The molecule has 0 aliphatic carbocycles. The number of fused-ring (bicyclic) bond motifs is 1. The van der Waals surface area contributed by atoms with Gasteiger partial charge >= 0.3 is 6.09 Å². The van der Waals surface area contributed by atoms with Crippen LogP contribution in [0.25, 0.3) is 10.2 Å². The standard InChI is InChI=1S/C20H22N2O3S/c1-3-4-11-24-20(23)22-16-10-9-15(12-14(16)2)25-13-19-21-17-7-5-6-8-18(17)26-19/h5-10,12H,3-4,11,13H2,1-2H3,(H,22,23). The largest absolute Gasteiger partial charge is 0.486 e. The molecule has 0 spiro atoms. The number of nitrogens with one attached hydrogen (secondary N) is 1. The van der Waals surface area contributed by atoms with E-state index in [1.54, 1.807) is 11.3 Å². The third-order valence-electron chi connectivity index (χ3n) is 3.87. The third kappa shape index (κ3) is 4.73. The summed E-state index contributed by atoms with van der Waals surface area (Å²) in [5, 5.41) is 3.70. The Balaban J connectivity index is 1.57. The summed E-state index contributed by atoms with van der Waals surface area (Å²) in [6, 6.07) is 13.6. The van der Waals surface area contributed by atoms with Crippen LogP contribution in [-0.2, 0) is 11.3 Å². The second-order valence-electron chi connectivity index (χ2n) is 5.96. The van der Waals surface area contributed by atoms with Gasteiger partial charge in [0.15, 0.2) is 0 Å². The van der Waals surface area contributed by atoms with Crippen LogP contribution in [0.3, 0.4) is 0 Å². The predicted octanol–water partition coefficient (Wildman–Crippen LogP) is 5.53. The van der Waals surface area contributed by atoms with E-state index in [0.29, 0.717) is 13.2 Å². The summed E-state index contributed by atoms with van der Waals surface area (Å²) in [5.74, 6) is 0.742. The van der Waals surface area contributed by atoms with Gasteiger partial charge in [0.05, 0.1) is 16.8 Å². The lowest BCUT2D eigenvalue weighted by Crippen LogP contribution is -2.15. The molecule has 3 rings (SSSR count). The van der Waals surface area contributed by atoms with Crippen LogP contribution < -0.4 is 10.1 Å². The number of aryl methyl sites for hydroxylation is 1. The fourth-order valence-corrected chi connectivity index (χ4v) is 3.33. The molecule has 1 heterocycles. The van der Waals surface area contributed by atoms with Crippen molar-refractivity contribution in [3.63, 3.8) is 0 Å². The minimum atomic E-state index is -0.426. The number of ether oxygens (including phenoxy) is 2. The van der Waals surface area contributed by atoms with Gasteiger partial charge in [0.1, 0.15) is 17.4 Å². The lowest BCUT2D eigenvalue weighted by Gasteiger charge is -2.11. The first-order chi connectivity index (χ1) is 12.7. The number of anilines is 1. The molecule has 5 nitrogen and oxygen atoms in total. The average molecular weight is 370 g/mol. The number of carbonyl (C=O) groups excluding carboxylic acids is 1. The van der Waals surface area contributed by atoms with Crippen molar-refractivity contribution in [1.29, 1.82) is 0 Å². The van der Waals surface area contributed by atoms with E-state index in [-0.39, 0.29) is 0 Å². The summed E-state index contributed by atoms with van der Waals surface area (Å²) in [6.45, 7) is 4.83. The summed E-state index contributed by atoms with van der Waals surface area (Å²) in [6.07, 6.45) is 1.43. The number of hydrogen-bond donors (Lipinski definition) is 1. The Kier molecular flexibility index (Phi) is 6.07. The highest BCUT2D eigenvalue weighted by atomic mass is 32.1. The van der Waals surface area contributed by atoms with Gasteiger partial charge in [0.25, 0.3) is 0 Å². The number of amides is 1. The fourth-order valence-electron chi connectivity index (χ4n) is 2.45. The molecule has 0 saturated carbocycles. The zero-order valence-corrected chi connectivity index (χ0v) is 15.8. The molecule has 2 aromatic carbocycles. The Hall–Kier alpha value is -2.60. The Morgan fingerprint density at radius 1 is 1.23 bits per heavy atom. The molecule has 0 aliphatic rings. The molecule has 1 aromatic heterocycles. The number of carbonyl (C=O) groups is 1. The van der Waals surface area contributed by atoms with Gasteiger partial charge in [-0.2, -0.15) is 0 Å². The number of rotatable bonds is 7. The van der Waals surface area contributed by atoms with E-state index >= 15 is 0 Å². The highest BCUT2D eigenvalue weighted by Gasteiger charge is 2.08. The zero-order chi connectivity index (χ0) is 18.4. The van der Waals surface area contributed by atoms with E-state index in [1.807, 2.05) is 43.3 Å². The Labute approximate surface area is 157 Å². The molecular formula is C20H22N2O3S. The molecule has 0 atom stereocenters. The van der Waals surface area contributed by atoms with Crippen molar-refractivity contribution in [2.24, 2.45) is 0 Å². The van der Waals surface area contributed by atoms with Crippen molar-refractivity contribution in [1.82, 2.24) is 4.98 Å². The van der Waals surface area contributed by atoms with Crippen molar-refractivity contribution in [2.75, 3.05) is 11.9 Å². The first-order valence-corrected chi connectivity index (χ1v) is 9.49. The van der Waals surface area contributed by atoms with Crippen LogP contribution in [0, 0.1) is 6.92 Å². The van der Waals surface area contributed by atoms with Crippen molar-refractivity contribution < 1.29 is 14.3 Å². The number of thiazole rings is 1. The van der Waals surface area contributed by atoms with Gasteiger partial charge < -0.3 is 9.47 Å². The molecule has 0 fully saturated rings. The van der Waals surface area contributed by atoms with Gasteiger partial charge in [0.2, 0.25) is 0 Å². The highest BCUT2D eigenvalue weighted by Crippen LogP contribution is 2.25. The molecule has 0 aliphatic heterocycles. The first kappa shape index (κ1) is 18.2. The predicted molar refractivity (Wildman–Crippen MR) is 105 cm³/mol.